The summed E-state index contributed by atoms with van der Waals surface area (Å²) in [6.45, 7) is 3.88. The summed E-state index contributed by atoms with van der Waals surface area (Å²) in [6, 6.07) is 4.64. The molecular weight excluding hydrogens is 270 g/mol. The Morgan fingerprint density at radius 2 is 2.11 bits per heavy atom. The van der Waals surface area contributed by atoms with Crippen LogP contribution in [0.3, 0.4) is 0 Å². The van der Waals surface area contributed by atoms with Gasteiger partial charge in [0.15, 0.2) is 0 Å². The van der Waals surface area contributed by atoms with E-state index in [9.17, 15) is 13.2 Å². The van der Waals surface area contributed by atoms with Crippen molar-refractivity contribution in [3.05, 3.63) is 29.3 Å². The third-order valence-electron chi connectivity index (χ3n) is 2.45. The second-order valence-electron chi connectivity index (χ2n) is 3.92. The molecule has 0 spiro atoms. The van der Waals surface area contributed by atoms with Crippen LogP contribution in [-0.2, 0) is 14.8 Å². The molecule has 0 amide bonds. The van der Waals surface area contributed by atoms with Crippen molar-refractivity contribution in [1.82, 2.24) is 0 Å². The quantitative estimate of drug-likeness (QED) is 0.741. The normalized spacial score (nSPS) is 11.3. The number of carboxylic acids is 1. The molecule has 0 aromatic heterocycles. The van der Waals surface area contributed by atoms with Gasteiger partial charge in [-0.05, 0) is 25.5 Å². The fourth-order valence-corrected chi connectivity index (χ4v) is 2.51. The van der Waals surface area contributed by atoms with Crippen molar-refractivity contribution >= 4 is 21.7 Å². The molecule has 0 saturated carbocycles. The van der Waals surface area contributed by atoms with Crippen LogP contribution in [0.25, 0.3) is 0 Å². The molecule has 0 radical (unpaired) electrons. The summed E-state index contributed by atoms with van der Waals surface area (Å²) in [4.78, 5) is 11.1. The minimum absolute atomic E-state index is 0.0394. The smallest absolute Gasteiger partial charge is 0.338 e. The maximum absolute atomic E-state index is 11.8. The van der Waals surface area contributed by atoms with E-state index in [0.717, 1.165) is 0 Å². The molecule has 0 heterocycles. The topological polar surface area (TPSA) is 92.7 Å². The van der Waals surface area contributed by atoms with Gasteiger partial charge in [-0.25, -0.2) is 13.2 Å². The fourth-order valence-electron chi connectivity index (χ4n) is 1.57. The average molecular weight is 287 g/mol. The van der Waals surface area contributed by atoms with Crippen LogP contribution in [0.5, 0.6) is 0 Å². The summed E-state index contributed by atoms with van der Waals surface area (Å²) in [6.07, 6.45) is 0. The van der Waals surface area contributed by atoms with Gasteiger partial charge >= 0.3 is 5.97 Å². The van der Waals surface area contributed by atoms with Crippen LogP contribution in [0, 0.1) is 6.92 Å². The van der Waals surface area contributed by atoms with Crippen molar-refractivity contribution in [2.75, 3.05) is 23.7 Å². The highest BCUT2D eigenvalue weighted by Gasteiger charge is 2.17. The van der Waals surface area contributed by atoms with Crippen LogP contribution in [-0.4, -0.2) is 38.5 Å². The molecule has 0 saturated heterocycles. The minimum Gasteiger partial charge on any atom is -0.478 e. The number of aryl methyl sites for hydroxylation is 1. The highest BCUT2D eigenvalue weighted by molar-refractivity contribution is 7.92. The Morgan fingerprint density at radius 1 is 1.42 bits per heavy atom. The fraction of sp³-hybridized carbons (Fsp3) is 0.417. The minimum atomic E-state index is -3.62. The molecule has 2 N–H and O–H groups in total. The molecule has 19 heavy (non-hydrogen) atoms. The van der Waals surface area contributed by atoms with E-state index in [0.29, 0.717) is 12.2 Å². The lowest BCUT2D eigenvalue weighted by Crippen LogP contribution is -2.21. The van der Waals surface area contributed by atoms with E-state index in [2.05, 4.69) is 4.72 Å². The lowest BCUT2D eigenvalue weighted by molar-refractivity contribution is 0.0697. The van der Waals surface area contributed by atoms with Crippen LogP contribution < -0.4 is 4.72 Å². The van der Waals surface area contributed by atoms with Gasteiger partial charge in [0.2, 0.25) is 10.0 Å². The number of hydrogen-bond acceptors (Lipinski definition) is 4. The van der Waals surface area contributed by atoms with E-state index in [-0.39, 0.29) is 23.6 Å². The molecular formula is C12H17NO5S. The molecule has 6 nitrogen and oxygen atoms in total. The maximum Gasteiger partial charge on any atom is 0.338 e. The number of carboxylic acid groups (broad SMARTS) is 1. The van der Waals surface area contributed by atoms with E-state index < -0.39 is 16.0 Å². The van der Waals surface area contributed by atoms with Crippen molar-refractivity contribution in [1.29, 1.82) is 0 Å². The SMILES string of the molecule is CCOCCS(=O)(=O)Nc1cccc(C)c1C(=O)O. The molecule has 1 rings (SSSR count). The summed E-state index contributed by atoms with van der Waals surface area (Å²) in [7, 11) is -3.62. The first-order chi connectivity index (χ1) is 8.87. The largest absolute Gasteiger partial charge is 0.478 e. The molecule has 7 heteroatoms. The van der Waals surface area contributed by atoms with Gasteiger partial charge in [0.1, 0.15) is 0 Å². The number of ether oxygens (including phenoxy) is 1. The van der Waals surface area contributed by atoms with Gasteiger partial charge < -0.3 is 9.84 Å². The number of anilines is 1. The third kappa shape index (κ3) is 4.53. The Balaban J connectivity index is 2.93. The number of carbonyl (C=O) groups is 1. The summed E-state index contributed by atoms with van der Waals surface area (Å²) in [5.41, 5.74) is 0.531. The molecule has 0 unspecified atom stereocenters. The van der Waals surface area contributed by atoms with E-state index in [4.69, 9.17) is 9.84 Å². The van der Waals surface area contributed by atoms with Gasteiger partial charge in [0, 0.05) is 6.61 Å². The zero-order valence-electron chi connectivity index (χ0n) is 10.8. The van der Waals surface area contributed by atoms with Crippen LogP contribution >= 0.6 is 0 Å². The predicted octanol–water partition coefficient (Wildman–Crippen LogP) is 1.47. The first-order valence-corrected chi connectivity index (χ1v) is 7.43. The van der Waals surface area contributed by atoms with Crippen molar-refractivity contribution in [3.63, 3.8) is 0 Å². The van der Waals surface area contributed by atoms with Crippen molar-refractivity contribution in [2.45, 2.75) is 13.8 Å². The Kier molecular flexibility index (Phi) is 5.31. The first-order valence-electron chi connectivity index (χ1n) is 5.78. The van der Waals surface area contributed by atoms with Gasteiger partial charge in [0.05, 0.1) is 23.6 Å². The number of benzene rings is 1. The molecule has 0 atom stereocenters. The van der Waals surface area contributed by atoms with E-state index >= 15 is 0 Å². The Bertz CT molecular complexity index is 553. The van der Waals surface area contributed by atoms with Crippen LogP contribution in [0.2, 0.25) is 0 Å². The summed E-state index contributed by atoms with van der Waals surface area (Å²) in [5.74, 6) is -1.38. The number of rotatable bonds is 7. The van der Waals surface area contributed by atoms with Crippen LogP contribution in [0.1, 0.15) is 22.8 Å². The summed E-state index contributed by atoms with van der Waals surface area (Å²) in [5, 5.41) is 9.10. The molecule has 0 aliphatic carbocycles. The zero-order chi connectivity index (χ0) is 14.5. The molecule has 0 fully saturated rings. The van der Waals surface area contributed by atoms with Gasteiger partial charge in [0.25, 0.3) is 0 Å². The Labute approximate surface area is 112 Å². The maximum atomic E-state index is 11.8. The highest BCUT2D eigenvalue weighted by atomic mass is 32.2. The number of hydrogen-bond donors (Lipinski definition) is 2. The Morgan fingerprint density at radius 3 is 2.68 bits per heavy atom. The van der Waals surface area contributed by atoms with Gasteiger partial charge in [-0.3, -0.25) is 4.72 Å². The van der Waals surface area contributed by atoms with Crippen LogP contribution in [0.4, 0.5) is 5.69 Å². The molecule has 0 aliphatic rings. The van der Waals surface area contributed by atoms with E-state index in [1.807, 2.05) is 0 Å². The highest BCUT2D eigenvalue weighted by Crippen LogP contribution is 2.20. The lowest BCUT2D eigenvalue weighted by atomic mass is 10.1. The second kappa shape index (κ2) is 6.53. The summed E-state index contributed by atoms with van der Waals surface area (Å²) >= 11 is 0. The predicted molar refractivity (Wildman–Crippen MR) is 72.0 cm³/mol. The molecule has 106 valence electrons. The number of aromatic carboxylic acids is 1. The zero-order valence-corrected chi connectivity index (χ0v) is 11.7. The van der Waals surface area contributed by atoms with Crippen LogP contribution in [0.15, 0.2) is 18.2 Å². The monoisotopic (exact) mass is 287 g/mol. The third-order valence-corrected chi connectivity index (χ3v) is 3.69. The second-order valence-corrected chi connectivity index (χ2v) is 5.76. The van der Waals surface area contributed by atoms with Crippen molar-refractivity contribution < 1.29 is 23.1 Å². The summed E-state index contributed by atoms with van der Waals surface area (Å²) < 4.78 is 30.8. The lowest BCUT2D eigenvalue weighted by Gasteiger charge is -2.12. The molecule has 0 aliphatic heterocycles. The van der Waals surface area contributed by atoms with Gasteiger partial charge in [-0.1, -0.05) is 12.1 Å². The van der Waals surface area contributed by atoms with Gasteiger partial charge in [-0.15, -0.1) is 0 Å². The first kappa shape index (κ1) is 15.5. The van der Waals surface area contributed by atoms with Crippen molar-refractivity contribution in [2.24, 2.45) is 0 Å². The van der Waals surface area contributed by atoms with E-state index in [1.165, 1.54) is 6.07 Å². The van der Waals surface area contributed by atoms with E-state index in [1.54, 1.807) is 26.0 Å². The molecule has 0 bridgehead atoms. The number of sulfonamides is 1. The Hall–Kier alpha value is -1.60. The molecule has 1 aromatic carbocycles. The number of nitrogens with one attached hydrogen (secondary N) is 1. The van der Waals surface area contributed by atoms with Crippen molar-refractivity contribution in [3.8, 4) is 0 Å². The standard InChI is InChI=1S/C12H17NO5S/c1-3-18-7-8-19(16,17)13-10-6-4-5-9(2)11(10)12(14)15/h4-6,13H,3,7-8H2,1-2H3,(H,14,15). The molecule has 1 aromatic rings. The van der Waals surface area contributed by atoms with Gasteiger partial charge in [-0.2, -0.15) is 0 Å². The average Bonchev–Trinajstić information content (AvgIpc) is 2.27.